The second-order valence-corrected chi connectivity index (χ2v) is 2.04. The van der Waals surface area contributed by atoms with Crippen molar-refractivity contribution in [3.8, 4) is 0 Å². The van der Waals surface area contributed by atoms with Crippen LogP contribution in [-0.2, 0) is 28.7 Å². The van der Waals surface area contributed by atoms with Gasteiger partial charge in [-0.25, -0.2) is 9.59 Å². The van der Waals surface area contributed by atoms with Gasteiger partial charge in [0.1, 0.15) is 0 Å². The summed E-state index contributed by atoms with van der Waals surface area (Å²) < 4.78 is 8.13. The van der Waals surface area contributed by atoms with E-state index in [1.807, 2.05) is 0 Å². The topological polar surface area (TPSA) is 86.7 Å². The normalized spacial score (nSPS) is 9.57. The van der Waals surface area contributed by atoms with E-state index in [9.17, 15) is 19.2 Å². The zero-order valence-corrected chi connectivity index (χ0v) is 7.60. The minimum Gasteiger partial charge on any atom is -0.463 e. The van der Waals surface area contributed by atoms with E-state index in [-0.39, 0.29) is 0 Å². The first-order valence-electron chi connectivity index (χ1n) is 3.45. The standard InChI is InChI=1S/C8H8O6/c1-13-7(11)5(9)3-4-6(10)8(12)14-2/h3-4H,1-2H3. The SMILES string of the molecule is COC(=O)C(=O)C=CC(=O)C(=O)OC. The highest BCUT2D eigenvalue weighted by Gasteiger charge is 2.13. The molecule has 0 saturated carbocycles. The molecule has 0 fully saturated rings. The van der Waals surface area contributed by atoms with E-state index in [1.54, 1.807) is 0 Å². The molecule has 0 heterocycles. The number of ether oxygens (including phenoxy) is 2. The third-order valence-corrected chi connectivity index (χ3v) is 1.16. The molecule has 0 bridgehead atoms. The first kappa shape index (κ1) is 12.0. The number of hydrogen-bond donors (Lipinski definition) is 0. The van der Waals surface area contributed by atoms with E-state index in [2.05, 4.69) is 9.47 Å². The monoisotopic (exact) mass is 200 g/mol. The lowest BCUT2D eigenvalue weighted by atomic mass is 10.3. The third kappa shape index (κ3) is 3.61. The summed E-state index contributed by atoms with van der Waals surface area (Å²) in [5, 5.41) is 0. The van der Waals surface area contributed by atoms with Crippen LogP contribution in [0.1, 0.15) is 0 Å². The van der Waals surface area contributed by atoms with Crippen molar-refractivity contribution >= 4 is 23.5 Å². The highest BCUT2D eigenvalue weighted by molar-refractivity contribution is 6.42. The molecule has 0 radical (unpaired) electrons. The minimum absolute atomic E-state index is 0.644. The Kier molecular flexibility index (Phi) is 4.83. The van der Waals surface area contributed by atoms with E-state index in [0.29, 0.717) is 12.2 Å². The Morgan fingerprint density at radius 1 is 0.786 bits per heavy atom. The van der Waals surface area contributed by atoms with Gasteiger partial charge in [0.2, 0.25) is 0 Å². The van der Waals surface area contributed by atoms with Gasteiger partial charge in [-0.2, -0.15) is 0 Å². The molecular weight excluding hydrogens is 192 g/mol. The number of carbonyl (C=O) groups excluding carboxylic acids is 4. The molecule has 14 heavy (non-hydrogen) atoms. The zero-order chi connectivity index (χ0) is 11.1. The molecule has 0 unspecified atom stereocenters. The van der Waals surface area contributed by atoms with Gasteiger partial charge in [-0.1, -0.05) is 0 Å². The molecule has 0 aliphatic carbocycles. The van der Waals surface area contributed by atoms with Gasteiger partial charge in [-0.15, -0.1) is 0 Å². The summed E-state index contributed by atoms with van der Waals surface area (Å²) in [6.07, 6.45) is 1.29. The fourth-order valence-electron chi connectivity index (χ4n) is 0.489. The Bertz CT molecular complexity index is 271. The van der Waals surface area contributed by atoms with Crippen molar-refractivity contribution in [2.24, 2.45) is 0 Å². The second-order valence-electron chi connectivity index (χ2n) is 2.04. The van der Waals surface area contributed by atoms with Crippen molar-refractivity contribution in [2.75, 3.05) is 14.2 Å². The summed E-state index contributed by atoms with van der Waals surface area (Å²) in [5.41, 5.74) is 0. The molecule has 0 aromatic heterocycles. The number of ketones is 2. The van der Waals surface area contributed by atoms with Crippen molar-refractivity contribution < 1.29 is 28.7 Å². The molecule has 0 aliphatic rings. The molecule has 0 aromatic carbocycles. The predicted molar refractivity (Wildman–Crippen MR) is 43.2 cm³/mol. The van der Waals surface area contributed by atoms with Crippen LogP contribution in [0, 0.1) is 0 Å². The Morgan fingerprint density at radius 3 is 1.29 bits per heavy atom. The Labute approximate surface area is 79.5 Å². The van der Waals surface area contributed by atoms with Crippen LogP contribution in [-0.4, -0.2) is 37.7 Å². The zero-order valence-electron chi connectivity index (χ0n) is 7.60. The van der Waals surface area contributed by atoms with Gasteiger partial charge >= 0.3 is 11.9 Å². The fourth-order valence-corrected chi connectivity index (χ4v) is 0.489. The molecule has 0 amide bonds. The molecule has 0 rings (SSSR count). The van der Waals surface area contributed by atoms with Crippen LogP contribution >= 0.6 is 0 Å². The largest absolute Gasteiger partial charge is 0.463 e. The molecule has 0 aliphatic heterocycles. The van der Waals surface area contributed by atoms with Gasteiger partial charge < -0.3 is 9.47 Å². The van der Waals surface area contributed by atoms with Gasteiger partial charge in [0, 0.05) is 0 Å². The summed E-state index contributed by atoms with van der Waals surface area (Å²) in [4.78, 5) is 42.5. The summed E-state index contributed by atoms with van der Waals surface area (Å²) >= 11 is 0. The Morgan fingerprint density at radius 2 is 1.07 bits per heavy atom. The van der Waals surface area contributed by atoms with E-state index in [1.165, 1.54) is 0 Å². The maximum atomic E-state index is 10.7. The Balaban J connectivity index is 4.32. The molecule has 0 atom stereocenters. The van der Waals surface area contributed by atoms with Gasteiger partial charge in [0.05, 0.1) is 14.2 Å². The van der Waals surface area contributed by atoms with E-state index in [4.69, 9.17) is 0 Å². The lowest BCUT2D eigenvalue weighted by Crippen LogP contribution is -2.16. The van der Waals surface area contributed by atoms with E-state index >= 15 is 0 Å². The maximum Gasteiger partial charge on any atom is 0.378 e. The van der Waals surface area contributed by atoms with Crippen molar-refractivity contribution in [2.45, 2.75) is 0 Å². The third-order valence-electron chi connectivity index (χ3n) is 1.16. The van der Waals surface area contributed by atoms with Crippen LogP contribution in [0.4, 0.5) is 0 Å². The minimum atomic E-state index is -1.11. The molecular formula is C8H8O6. The predicted octanol–water partition coefficient (Wildman–Crippen LogP) is -0.973. The maximum absolute atomic E-state index is 10.7. The van der Waals surface area contributed by atoms with Gasteiger partial charge in [0.25, 0.3) is 11.6 Å². The van der Waals surface area contributed by atoms with Crippen LogP contribution in [0.3, 0.4) is 0 Å². The van der Waals surface area contributed by atoms with Gasteiger partial charge in [0.15, 0.2) is 0 Å². The van der Waals surface area contributed by atoms with Crippen LogP contribution in [0.2, 0.25) is 0 Å². The second kappa shape index (κ2) is 5.63. The molecule has 76 valence electrons. The highest BCUT2D eigenvalue weighted by Crippen LogP contribution is 1.85. The summed E-state index contributed by atoms with van der Waals surface area (Å²) in [6, 6.07) is 0. The first-order valence-corrected chi connectivity index (χ1v) is 3.45. The highest BCUT2D eigenvalue weighted by atomic mass is 16.5. The molecule has 0 spiro atoms. The van der Waals surface area contributed by atoms with Crippen molar-refractivity contribution in [3.05, 3.63) is 12.2 Å². The van der Waals surface area contributed by atoms with Gasteiger partial charge in [-0.3, -0.25) is 9.59 Å². The smallest absolute Gasteiger partial charge is 0.378 e. The van der Waals surface area contributed by atoms with Crippen LogP contribution in [0.5, 0.6) is 0 Å². The Hall–Kier alpha value is -1.98. The van der Waals surface area contributed by atoms with E-state index < -0.39 is 23.5 Å². The van der Waals surface area contributed by atoms with Crippen LogP contribution in [0.25, 0.3) is 0 Å². The lowest BCUT2D eigenvalue weighted by Gasteiger charge is -1.92. The summed E-state index contributed by atoms with van der Waals surface area (Å²) in [5.74, 6) is -4.27. The first-order chi connectivity index (χ1) is 6.52. The van der Waals surface area contributed by atoms with Crippen molar-refractivity contribution in [1.82, 2.24) is 0 Å². The van der Waals surface area contributed by atoms with Crippen molar-refractivity contribution in [1.29, 1.82) is 0 Å². The van der Waals surface area contributed by atoms with Crippen LogP contribution in [0.15, 0.2) is 12.2 Å². The number of carbonyl (C=O) groups is 4. The molecule has 6 heteroatoms. The quantitative estimate of drug-likeness (QED) is 0.329. The number of esters is 2. The molecule has 0 saturated heterocycles. The number of methoxy groups -OCH3 is 2. The van der Waals surface area contributed by atoms with Crippen LogP contribution < -0.4 is 0 Å². The van der Waals surface area contributed by atoms with Crippen molar-refractivity contribution in [3.63, 3.8) is 0 Å². The summed E-state index contributed by atoms with van der Waals surface area (Å²) in [6.45, 7) is 0. The van der Waals surface area contributed by atoms with E-state index in [0.717, 1.165) is 14.2 Å². The fraction of sp³-hybridized carbons (Fsp3) is 0.250. The average molecular weight is 200 g/mol. The summed E-state index contributed by atoms with van der Waals surface area (Å²) in [7, 11) is 2.05. The average Bonchev–Trinajstić information content (AvgIpc) is 2.22. The molecule has 0 N–H and O–H groups in total. The molecule has 6 nitrogen and oxygen atoms in total. The molecule has 0 aromatic rings. The number of rotatable bonds is 4. The lowest BCUT2D eigenvalue weighted by molar-refractivity contribution is -0.150. The number of hydrogen-bond acceptors (Lipinski definition) is 6. The van der Waals surface area contributed by atoms with Gasteiger partial charge in [-0.05, 0) is 12.2 Å².